The van der Waals surface area contributed by atoms with Gasteiger partial charge in [0.2, 0.25) is 0 Å². The van der Waals surface area contributed by atoms with Crippen molar-refractivity contribution in [2.45, 2.75) is 24.5 Å². The highest BCUT2D eigenvalue weighted by atomic mass is 16.5. The summed E-state index contributed by atoms with van der Waals surface area (Å²) in [6.07, 6.45) is 1.32. The number of rotatable bonds is 3. The van der Waals surface area contributed by atoms with Crippen LogP contribution in [0.2, 0.25) is 0 Å². The molecule has 2 aliphatic heterocycles. The van der Waals surface area contributed by atoms with Gasteiger partial charge in [-0.1, -0.05) is 6.07 Å². The molecule has 2 aliphatic rings. The number of hydrogen-bond donors (Lipinski definition) is 2. The first-order valence-electron chi connectivity index (χ1n) is 7.51. The van der Waals surface area contributed by atoms with E-state index in [2.05, 4.69) is 9.88 Å². The van der Waals surface area contributed by atoms with Crippen molar-refractivity contribution in [2.24, 2.45) is 0 Å². The summed E-state index contributed by atoms with van der Waals surface area (Å²) in [6, 6.07) is 5.61. The largest absolute Gasteiger partial charge is 0.388 e. The Labute approximate surface area is 124 Å². The summed E-state index contributed by atoms with van der Waals surface area (Å²) >= 11 is 0. The van der Waals surface area contributed by atoms with Crippen molar-refractivity contribution >= 4 is 5.82 Å². The maximum atomic E-state index is 10.6. The lowest BCUT2D eigenvalue weighted by Crippen LogP contribution is -2.50. The van der Waals surface area contributed by atoms with Gasteiger partial charge in [0.15, 0.2) is 0 Å². The average Bonchev–Trinajstić information content (AvgIpc) is 2.48. The summed E-state index contributed by atoms with van der Waals surface area (Å²) in [4.78, 5) is 6.59. The molecule has 0 bridgehead atoms. The van der Waals surface area contributed by atoms with E-state index in [9.17, 15) is 5.11 Å². The zero-order chi connectivity index (χ0) is 14.7. The SMILES string of the molecule is Nc1cccc([C@H]2CN(CC3(O)CCOCC3)CCO2)n1. The summed E-state index contributed by atoms with van der Waals surface area (Å²) in [5.41, 5.74) is 5.96. The van der Waals surface area contributed by atoms with Crippen molar-refractivity contribution < 1.29 is 14.6 Å². The number of pyridine rings is 1. The van der Waals surface area contributed by atoms with Gasteiger partial charge in [-0.25, -0.2) is 4.98 Å². The van der Waals surface area contributed by atoms with Gasteiger partial charge in [0.25, 0.3) is 0 Å². The zero-order valence-corrected chi connectivity index (χ0v) is 12.2. The second-order valence-electron chi connectivity index (χ2n) is 5.92. The Morgan fingerprint density at radius 1 is 1.33 bits per heavy atom. The summed E-state index contributed by atoms with van der Waals surface area (Å²) in [5, 5.41) is 10.6. The normalized spacial score (nSPS) is 26.6. The van der Waals surface area contributed by atoms with Gasteiger partial charge >= 0.3 is 0 Å². The zero-order valence-electron chi connectivity index (χ0n) is 12.2. The molecule has 1 aromatic heterocycles. The van der Waals surface area contributed by atoms with E-state index in [0.717, 1.165) is 18.8 Å². The first-order chi connectivity index (χ1) is 10.1. The monoisotopic (exact) mass is 293 g/mol. The van der Waals surface area contributed by atoms with Gasteiger partial charge in [-0.2, -0.15) is 0 Å². The molecule has 21 heavy (non-hydrogen) atoms. The Kier molecular flexibility index (Phi) is 4.40. The minimum Gasteiger partial charge on any atom is -0.388 e. The van der Waals surface area contributed by atoms with Gasteiger partial charge in [0.05, 0.1) is 17.9 Å². The lowest BCUT2D eigenvalue weighted by atomic mass is 9.93. The molecule has 2 saturated heterocycles. The second kappa shape index (κ2) is 6.27. The molecule has 0 amide bonds. The lowest BCUT2D eigenvalue weighted by molar-refractivity contribution is -0.103. The fourth-order valence-electron chi connectivity index (χ4n) is 3.00. The fraction of sp³-hybridized carbons (Fsp3) is 0.667. The van der Waals surface area contributed by atoms with Crippen LogP contribution in [0.15, 0.2) is 18.2 Å². The molecule has 3 N–H and O–H groups in total. The number of aliphatic hydroxyl groups is 1. The van der Waals surface area contributed by atoms with Crippen molar-refractivity contribution in [3.63, 3.8) is 0 Å². The minimum atomic E-state index is -0.636. The quantitative estimate of drug-likeness (QED) is 0.848. The molecular formula is C15H23N3O3. The van der Waals surface area contributed by atoms with Crippen LogP contribution in [0.1, 0.15) is 24.6 Å². The number of aromatic nitrogens is 1. The number of β-amino-alcohol motifs (C(OH)–C–C–N with tert-alkyl or cyclic N) is 1. The van der Waals surface area contributed by atoms with Crippen molar-refractivity contribution in [1.82, 2.24) is 9.88 Å². The molecule has 0 saturated carbocycles. The minimum absolute atomic E-state index is 0.0781. The van der Waals surface area contributed by atoms with Crippen molar-refractivity contribution in [1.29, 1.82) is 0 Å². The highest BCUT2D eigenvalue weighted by molar-refractivity contribution is 5.29. The molecule has 116 valence electrons. The predicted octanol–water partition coefficient (Wildman–Crippen LogP) is 0.579. The number of hydrogen-bond acceptors (Lipinski definition) is 6. The topological polar surface area (TPSA) is 80.8 Å². The number of nitrogens with two attached hydrogens (primary N) is 1. The van der Waals surface area contributed by atoms with Crippen molar-refractivity contribution in [2.75, 3.05) is 45.2 Å². The molecule has 6 heteroatoms. The third kappa shape index (κ3) is 3.71. The maximum absolute atomic E-state index is 10.6. The van der Waals surface area contributed by atoms with E-state index in [1.807, 2.05) is 12.1 Å². The molecule has 0 aromatic carbocycles. The molecule has 6 nitrogen and oxygen atoms in total. The van der Waals surface area contributed by atoms with Gasteiger partial charge in [0, 0.05) is 45.7 Å². The van der Waals surface area contributed by atoms with Crippen LogP contribution < -0.4 is 5.73 Å². The van der Waals surface area contributed by atoms with Crippen LogP contribution in [0, 0.1) is 0 Å². The van der Waals surface area contributed by atoms with Gasteiger partial charge in [-0.3, -0.25) is 4.90 Å². The maximum Gasteiger partial charge on any atom is 0.123 e. The summed E-state index contributed by atoms with van der Waals surface area (Å²) < 4.78 is 11.1. The predicted molar refractivity (Wildman–Crippen MR) is 78.8 cm³/mol. The summed E-state index contributed by atoms with van der Waals surface area (Å²) in [6.45, 7) is 4.16. The summed E-state index contributed by atoms with van der Waals surface area (Å²) in [7, 11) is 0. The van der Waals surface area contributed by atoms with Gasteiger partial charge in [-0.05, 0) is 12.1 Å². The number of ether oxygens (including phenoxy) is 2. The third-order valence-electron chi connectivity index (χ3n) is 4.21. The molecule has 3 rings (SSSR count). The molecule has 0 aliphatic carbocycles. The standard InChI is InChI=1S/C15H23N3O3/c16-14-3-1-2-12(17-14)13-10-18(6-9-21-13)11-15(19)4-7-20-8-5-15/h1-3,13,19H,4-11H2,(H2,16,17)/t13-/m1/s1. The Balaban J connectivity index is 1.63. The van der Waals surface area contributed by atoms with E-state index in [1.165, 1.54) is 0 Å². The highest BCUT2D eigenvalue weighted by Crippen LogP contribution is 2.26. The van der Waals surface area contributed by atoms with Crippen LogP contribution in [-0.2, 0) is 9.47 Å². The van der Waals surface area contributed by atoms with Crippen LogP contribution in [0.4, 0.5) is 5.82 Å². The lowest BCUT2D eigenvalue weighted by Gasteiger charge is -2.40. The fourth-order valence-corrected chi connectivity index (χ4v) is 3.00. The smallest absolute Gasteiger partial charge is 0.123 e. The number of morpholine rings is 1. The Morgan fingerprint density at radius 2 is 2.14 bits per heavy atom. The molecule has 0 spiro atoms. The van der Waals surface area contributed by atoms with E-state index in [1.54, 1.807) is 6.07 Å². The van der Waals surface area contributed by atoms with E-state index in [-0.39, 0.29) is 6.10 Å². The van der Waals surface area contributed by atoms with E-state index in [0.29, 0.717) is 45.0 Å². The van der Waals surface area contributed by atoms with Crippen LogP contribution in [0.25, 0.3) is 0 Å². The Bertz CT molecular complexity index is 477. The Morgan fingerprint density at radius 3 is 2.90 bits per heavy atom. The third-order valence-corrected chi connectivity index (χ3v) is 4.21. The van der Waals surface area contributed by atoms with Crippen molar-refractivity contribution in [3.05, 3.63) is 23.9 Å². The highest BCUT2D eigenvalue weighted by Gasteiger charge is 2.34. The van der Waals surface area contributed by atoms with Gasteiger partial charge in [0.1, 0.15) is 11.9 Å². The number of anilines is 1. The second-order valence-corrected chi connectivity index (χ2v) is 5.92. The van der Waals surface area contributed by atoms with E-state index < -0.39 is 5.60 Å². The molecule has 3 heterocycles. The summed E-state index contributed by atoms with van der Waals surface area (Å²) in [5.74, 6) is 0.510. The van der Waals surface area contributed by atoms with E-state index >= 15 is 0 Å². The average molecular weight is 293 g/mol. The molecule has 2 fully saturated rings. The first-order valence-corrected chi connectivity index (χ1v) is 7.51. The van der Waals surface area contributed by atoms with Crippen LogP contribution >= 0.6 is 0 Å². The van der Waals surface area contributed by atoms with Crippen LogP contribution in [0.3, 0.4) is 0 Å². The van der Waals surface area contributed by atoms with Gasteiger partial charge < -0.3 is 20.3 Å². The first kappa shape index (κ1) is 14.7. The van der Waals surface area contributed by atoms with Crippen LogP contribution in [-0.4, -0.2) is 60.0 Å². The molecular weight excluding hydrogens is 270 g/mol. The van der Waals surface area contributed by atoms with Gasteiger partial charge in [-0.15, -0.1) is 0 Å². The Hall–Kier alpha value is -1.21. The number of nitrogens with zero attached hydrogens (tertiary/aromatic N) is 2. The molecule has 1 atom stereocenters. The van der Waals surface area contributed by atoms with Crippen molar-refractivity contribution in [3.8, 4) is 0 Å². The number of nitrogen functional groups attached to an aromatic ring is 1. The molecule has 0 unspecified atom stereocenters. The van der Waals surface area contributed by atoms with E-state index in [4.69, 9.17) is 15.2 Å². The molecule has 1 aromatic rings. The van der Waals surface area contributed by atoms with Crippen LogP contribution in [0.5, 0.6) is 0 Å². The molecule has 0 radical (unpaired) electrons.